The smallest absolute Gasteiger partial charge is 0.243 e. The fourth-order valence-electron chi connectivity index (χ4n) is 4.56. The van der Waals surface area contributed by atoms with Crippen LogP contribution in [0.4, 0.5) is 0 Å². The van der Waals surface area contributed by atoms with Crippen molar-refractivity contribution in [2.45, 2.75) is 118 Å². The molecule has 33 heavy (non-hydrogen) atoms. The largest absolute Gasteiger partial charge is 0.381 e. The molecule has 0 saturated heterocycles. The maximum Gasteiger partial charge on any atom is 0.243 e. The van der Waals surface area contributed by atoms with E-state index in [4.69, 9.17) is 23.7 Å². The van der Waals surface area contributed by atoms with Gasteiger partial charge in [-0.05, 0) is 75.5 Å². The first-order valence-electron chi connectivity index (χ1n) is 13.4. The van der Waals surface area contributed by atoms with Gasteiger partial charge in [-0.3, -0.25) is 0 Å². The molecule has 3 unspecified atom stereocenters. The summed E-state index contributed by atoms with van der Waals surface area (Å²) in [7, 11) is 0. The van der Waals surface area contributed by atoms with Crippen LogP contribution < -0.4 is 0 Å². The lowest BCUT2D eigenvalue weighted by molar-refractivity contribution is -0.303. The zero-order chi connectivity index (χ0) is 24.5. The molecule has 0 aromatic rings. The maximum atomic E-state index is 12.3. The van der Waals surface area contributed by atoms with Gasteiger partial charge in [0.1, 0.15) is 0 Å². The fourth-order valence-corrected chi connectivity index (χ4v) is 4.56. The molecule has 3 atom stereocenters. The molecule has 0 heterocycles. The molecule has 6 heteroatoms. The van der Waals surface area contributed by atoms with Crippen molar-refractivity contribution >= 4 is 0 Å². The summed E-state index contributed by atoms with van der Waals surface area (Å²) in [5, 5.41) is 12.3. The molecule has 1 rings (SSSR count). The molecule has 1 fully saturated rings. The molecule has 1 aliphatic carbocycles. The van der Waals surface area contributed by atoms with Crippen LogP contribution in [-0.4, -0.2) is 58.3 Å². The Labute approximate surface area is 204 Å². The number of ether oxygens (including phenoxy) is 5. The molecule has 0 amide bonds. The number of unbranched alkanes of at least 4 members (excludes halogenated alkanes) is 1. The molecule has 0 spiro atoms. The second kappa shape index (κ2) is 18.1. The van der Waals surface area contributed by atoms with Gasteiger partial charge in [0, 0.05) is 26.4 Å². The highest BCUT2D eigenvalue weighted by atomic mass is 16.7. The van der Waals surface area contributed by atoms with Crippen LogP contribution in [0, 0.1) is 17.3 Å². The topological polar surface area (TPSA) is 66.1 Å². The Morgan fingerprint density at radius 3 is 2.06 bits per heavy atom. The van der Waals surface area contributed by atoms with E-state index in [0.717, 1.165) is 64.1 Å². The third kappa shape index (κ3) is 16.1. The molecule has 1 radical (unpaired) electrons. The summed E-state index contributed by atoms with van der Waals surface area (Å²) < 4.78 is 28.4. The van der Waals surface area contributed by atoms with E-state index in [2.05, 4.69) is 34.6 Å². The lowest BCUT2D eigenvalue weighted by atomic mass is 9.84. The lowest BCUT2D eigenvalue weighted by Gasteiger charge is -2.32. The number of hydrogen-bond donors (Lipinski definition) is 0. The van der Waals surface area contributed by atoms with Crippen molar-refractivity contribution < 1.29 is 28.8 Å². The predicted octanol–water partition coefficient (Wildman–Crippen LogP) is 6.38. The van der Waals surface area contributed by atoms with Crippen molar-refractivity contribution in [3.63, 3.8) is 0 Å². The van der Waals surface area contributed by atoms with Gasteiger partial charge in [0.25, 0.3) is 0 Å². The minimum atomic E-state index is -1.32. The molecule has 0 bridgehead atoms. The van der Waals surface area contributed by atoms with E-state index in [1.54, 1.807) is 0 Å². The van der Waals surface area contributed by atoms with Gasteiger partial charge in [0.2, 0.25) is 12.6 Å². The van der Waals surface area contributed by atoms with Crippen molar-refractivity contribution in [3.05, 3.63) is 0 Å². The Morgan fingerprint density at radius 2 is 1.48 bits per heavy atom. The highest BCUT2D eigenvalue weighted by Gasteiger charge is 2.29. The highest BCUT2D eigenvalue weighted by Crippen LogP contribution is 2.29. The van der Waals surface area contributed by atoms with Gasteiger partial charge in [0.15, 0.2) is 0 Å². The first-order valence-corrected chi connectivity index (χ1v) is 13.4. The normalized spacial score (nSPS) is 22.3. The zero-order valence-corrected chi connectivity index (χ0v) is 22.4. The minimum absolute atomic E-state index is 0.0899. The Kier molecular flexibility index (Phi) is 16.9. The van der Waals surface area contributed by atoms with Crippen LogP contribution in [0.1, 0.15) is 99.3 Å². The predicted molar refractivity (Wildman–Crippen MR) is 132 cm³/mol. The second-order valence-electron chi connectivity index (χ2n) is 10.8. The Bertz CT molecular complexity index is 444. The van der Waals surface area contributed by atoms with Crippen LogP contribution in [0.5, 0.6) is 0 Å². The average molecular weight is 474 g/mol. The molecule has 0 aliphatic heterocycles. The van der Waals surface area contributed by atoms with E-state index in [1.165, 1.54) is 12.8 Å². The average Bonchev–Trinajstić information content (AvgIpc) is 2.76. The molecule has 0 N–H and O–H groups in total. The Hall–Kier alpha value is -0.240. The Morgan fingerprint density at radius 1 is 0.848 bits per heavy atom. The first-order chi connectivity index (χ1) is 15.7. The van der Waals surface area contributed by atoms with Gasteiger partial charge in [-0.15, -0.1) is 0 Å². The molecule has 0 aromatic carbocycles. The van der Waals surface area contributed by atoms with Crippen LogP contribution in [0.15, 0.2) is 0 Å². The number of hydrogen-bond acceptors (Lipinski definition) is 5. The van der Waals surface area contributed by atoms with Crippen LogP contribution in [0.2, 0.25) is 0 Å². The van der Waals surface area contributed by atoms with Gasteiger partial charge >= 0.3 is 0 Å². The van der Waals surface area contributed by atoms with E-state index in [0.29, 0.717) is 37.8 Å². The molecule has 0 aromatic heterocycles. The van der Waals surface area contributed by atoms with Crippen LogP contribution in [0.3, 0.4) is 0 Å². The van der Waals surface area contributed by atoms with Crippen molar-refractivity contribution in [1.82, 2.24) is 0 Å². The molecule has 1 aliphatic rings. The minimum Gasteiger partial charge on any atom is -0.381 e. The van der Waals surface area contributed by atoms with Crippen LogP contribution >= 0.6 is 0 Å². The molecule has 1 saturated carbocycles. The summed E-state index contributed by atoms with van der Waals surface area (Å²) in [6.45, 7) is 16.7. The third-order valence-corrected chi connectivity index (χ3v) is 6.30. The second-order valence-corrected chi connectivity index (χ2v) is 10.8. The summed E-state index contributed by atoms with van der Waals surface area (Å²) in [4.78, 5) is 0. The van der Waals surface area contributed by atoms with E-state index in [1.807, 2.05) is 6.92 Å². The lowest BCUT2D eigenvalue weighted by Crippen LogP contribution is -2.38. The van der Waals surface area contributed by atoms with Gasteiger partial charge < -0.3 is 23.7 Å². The molecular formula is C27H53O6. The van der Waals surface area contributed by atoms with E-state index >= 15 is 0 Å². The monoisotopic (exact) mass is 473 g/mol. The van der Waals surface area contributed by atoms with Crippen LogP contribution in [-0.2, 0) is 28.8 Å². The highest BCUT2D eigenvalue weighted by molar-refractivity contribution is 4.73. The van der Waals surface area contributed by atoms with Gasteiger partial charge in [-0.2, -0.15) is 5.11 Å². The van der Waals surface area contributed by atoms with E-state index in [-0.39, 0.29) is 6.10 Å². The van der Waals surface area contributed by atoms with Crippen molar-refractivity contribution in [2.75, 3.05) is 39.6 Å². The van der Waals surface area contributed by atoms with Crippen molar-refractivity contribution in [1.29, 1.82) is 0 Å². The molecule has 6 nitrogen and oxygen atoms in total. The van der Waals surface area contributed by atoms with Gasteiger partial charge in [-0.25, -0.2) is 0 Å². The first kappa shape index (κ1) is 30.8. The summed E-state index contributed by atoms with van der Waals surface area (Å²) in [5.41, 5.74) is 0.387. The fraction of sp³-hybridized carbons (Fsp3) is 1.00. The maximum absolute atomic E-state index is 12.3. The van der Waals surface area contributed by atoms with E-state index in [9.17, 15) is 5.11 Å². The van der Waals surface area contributed by atoms with Gasteiger partial charge in [-0.1, -0.05) is 41.0 Å². The zero-order valence-electron chi connectivity index (χ0n) is 22.4. The molecular weight excluding hydrogens is 420 g/mol. The number of rotatable bonds is 19. The van der Waals surface area contributed by atoms with Crippen molar-refractivity contribution in [3.8, 4) is 0 Å². The standard InChI is InChI=1S/C27H53O6/c1-7-23-11-13-24(14-12-23)33-26(25(28)31-8-2)32-20-19-30-17-10-9-16-29-18-15-22(3)21-27(4,5)6/h22-26H,7-21H2,1-6H3. The summed E-state index contributed by atoms with van der Waals surface area (Å²) in [6.07, 6.45) is 7.73. The van der Waals surface area contributed by atoms with Crippen LogP contribution in [0.25, 0.3) is 0 Å². The van der Waals surface area contributed by atoms with Crippen molar-refractivity contribution in [2.24, 2.45) is 17.3 Å². The molecule has 197 valence electrons. The van der Waals surface area contributed by atoms with Gasteiger partial charge in [0.05, 0.1) is 19.3 Å². The summed E-state index contributed by atoms with van der Waals surface area (Å²) >= 11 is 0. The summed E-state index contributed by atoms with van der Waals surface area (Å²) in [5.74, 6) is 1.49. The SMILES string of the molecule is CCOC([O])C(OCCOCCCCOCCC(C)CC(C)(C)C)OC1CCC(CC)CC1. The quantitative estimate of drug-likeness (QED) is 0.161. The third-order valence-electron chi connectivity index (χ3n) is 6.30. The Balaban J connectivity index is 2.07. The summed E-state index contributed by atoms with van der Waals surface area (Å²) in [6, 6.07) is 0. The van der Waals surface area contributed by atoms with E-state index < -0.39 is 12.6 Å².